The first kappa shape index (κ1) is 12.7. The van der Waals surface area contributed by atoms with Gasteiger partial charge in [0.15, 0.2) is 0 Å². The maximum atomic E-state index is 12.2. The molecule has 1 fully saturated rings. The van der Waals surface area contributed by atoms with Gasteiger partial charge in [-0.2, -0.15) is 0 Å². The van der Waals surface area contributed by atoms with E-state index in [0.717, 1.165) is 23.0 Å². The van der Waals surface area contributed by atoms with Crippen molar-refractivity contribution in [2.45, 2.75) is 51.6 Å². The van der Waals surface area contributed by atoms with Crippen LogP contribution >= 0.6 is 15.9 Å². The molecule has 0 radical (unpaired) electrons. The summed E-state index contributed by atoms with van der Waals surface area (Å²) in [4.78, 5) is 12.2. The van der Waals surface area contributed by atoms with Crippen molar-refractivity contribution in [2.75, 3.05) is 0 Å². The molecule has 0 atom stereocenters. The molecular weight excluding hydrogens is 280 g/mol. The van der Waals surface area contributed by atoms with Gasteiger partial charge >= 0.3 is 0 Å². The molecule has 1 amide bonds. The minimum absolute atomic E-state index is 0.0521. The van der Waals surface area contributed by atoms with E-state index in [-0.39, 0.29) is 11.9 Å². The number of nitrogens with one attached hydrogen (secondary N) is 1. The fraction of sp³-hybridized carbons (Fsp3) is 0.615. The van der Waals surface area contributed by atoms with Crippen LogP contribution in [0.3, 0.4) is 0 Å². The molecule has 0 aromatic carbocycles. The SMILES string of the molecule is CCC(CC)NC(=O)c1cc(Br)cn1C1CC1. The van der Waals surface area contributed by atoms with Crippen LogP contribution in [0.5, 0.6) is 0 Å². The van der Waals surface area contributed by atoms with Gasteiger partial charge in [-0.05, 0) is 47.7 Å². The predicted molar refractivity (Wildman–Crippen MR) is 72.2 cm³/mol. The van der Waals surface area contributed by atoms with E-state index in [0.29, 0.717) is 6.04 Å². The van der Waals surface area contributed by atoms with Gasteiger partial charge in [0.1, 0.15) is 5.69 Å². The van der Waals surface area contributed by atoms with E-state index >= 15 is 0 Å². The van der Waals surface area contributed by atoms with Gasteiger partial charge in [-0.1, -0.05) is 13.8 Å². The second-order valence-corrected chi connectivity index (χ2v) is 5.58. The van der Waals surface area contributed by atoms with Crippen LogP contribution in [0.25, 0.3) is 0 Å². The van der Waals surface area contributed by atoms with Crippen molar-refractivity contribution in [1.29, 1.82) is 0 Å². The van der Waals surface area contributed by atoms with Gasteiger partial charge in [0, 0.05) is 22.8 Å². The van der Waals surface area contributed by atoms with Crippen molar-refractivity contribution in [3.8, 4) is 0 Å². The summed E-state index contributed by atoms with van der Waals surface area (Å²) in [5.74, 6) is 0.0521. The zero-order valence-corrected chi connectivity index (χ0v) is 12.0. The average Bonchev–Trinajstić information content (AvgIpc) is 3.09. The van der Waals surface area contributed by atoms with E-state index in [1.165, 1.54) is 12.8 Å². The van der Waals surface area contributed by atoms with Gasteiger partial charge in [-0.3, -0.25) is 4.79 Å². The molecule has 0 aliphatic heterocycles. The zero-order valence-electron chi connectivity index (χ0n) is 10.4. The molecule has 0 saturated heterocycles. The fourth-order valence-corrected chi connectivity index (χ4v) is 2.47. The standard InChI is InChI=1S/C13H19BrN2O/c1-3-10(4-2)15-13(17)12-7-9(14)8-16(12)11-5-6-11/h7-8,10-11H,3-6H2,1-2H3,(H,15,17). The maximum absolute atomic E-state index is 12.2. The Hall–Kier alpha value is -0.770. The summed E-state index contributed by atoms with van der Waals surface area (Å²) >= 11 is 3.45. The first-order valence-corrected chi connectivity index (χ1v) is 7.13. The highest BCUT2D eigenvalue weighted by Gasteiger charge is 2.28. The summed E-state index contributed by atoms with van der Waals surface area (Å²) in [7, 11) is 0. The first-order chi connectivity index (χ1) is 8.15. The van der Waals surface area contributed by atoms with E-state index in [1.807, 2.05) is 12.3 Å². The highest BCUT2D eigenvalue weighted by atomic mass is 79.9. The van der Waals surface area contributed by atoms with Crippen LogP contribution in [0.2, 0.25) is 0 Å². The maximum Gasteiger partial charge on any atom is 0.268 e. The van der Waals surface area contributed by atoms with Gasteiger partial charge in [-0.15, -0.1) is 0 Å². The van der Waals surface area contributed by atoms with Gasteiger partial charge in [-0.25, -0.2) is 0 Å². The summed E-state index contributed by atoms with van der Waals surface area (Å²) < 4.78 is 3.08. The van der Waals surface area contributed by atoms with E-state index < -0.39 is 0 Å². The number of carbonyl (C=O) groups is 1. The monoisotopic (exact) mass is 298 g/mol. The third kappa shape index (κ3) is 2.92. The highest BCUT2D eigenvalue weighted by Crippen LogP contribution is 2.37. The third-order valence-electron chi connectivity index (χ3n) is 3.31. The second-order valence-electron chi connectivity index (χ2n) is 4.67. The quantitative estimate of drug-likeness (QED) is 0.887. The summed E-state index contributed by atoms with van der Waals surface area (Å²) in [6.07, 6.45) is 6.35. The number of rotatable bonds is 5. The third-order valence-corrected chi connectivity index (χ3v) is 3.74. The van der Waals surface area contributed by atoms with Crippen molar-refractivity contribution >= 4 is 21.8 Å². The second kappa shape index (κ2) is 5.25. The van der Waals surface area contributed by atoms with Crippen LogP contribution in [0, 0.1) is 0 Å². The van der Waals surface area contributed by atoms with Crippen LogP contribution in [0.1, 0.15) is 56.1 Å². The molecule has 1 aliphatic rings. The Kier molecular flexibility index (Phi) is 3.92. The number of amides is 1. The largest absolute Gasteiger partial charge is 0.348 e. The van der Waals surface area contributed by atoms with E-state index in [4.69, 9.17) is 0 Å². The summed E-state index contributed by atoms with van der Waals surface area (Å²) in [6.45, 7) is 4.20. The molecule has 3 nitrogen and oxygen atoms in total. The van der Waals surface area contributed by atoms with Gasteiger partial charge in [0.05, 0.1) is 0 Å². The van der Waals surface area contributed by atoms with E-state index in [9.17, 15) is 4.79 Å². The molecule has 1 heterocycles. The number of carbonyl (C=O) groups excluding carboxylic acids is 1. The Morgan fingerprint density at radius 3 is 2.71 bits per heavy atom. The number of halogens is 1. The lowest BCUT2D eigenvalue weighted by Crippen LogP contribution is -2.34. The normalized spacial score (nSPS) is 15.3. The van der Waals surface area contributed by atoms with E-state index in [2.05, 4.69) is 39.7 Å². The highest BCUT2D eigenvalue weighted by molar-refractivity contribution is 9.10. The number of hydrogen-bond acceptors (Lipinski definition) is 1. The minimum atomic E-state index is 0.0521. The molecule has 17 heavy (non-hydrogen) atoms. The Labute approximate surface area is 111 Å². The Morgan fingerprint density at radius 2 is 2.18 bits per heavy atom. The molecule has 1 aliphatic carbocycles. The zero-order chi connectivity index (χ0) is 12.4. The lowest BCUT2D eigenvalue weighted by atomic mass is 10.1. The predicted octanol–water partition coefficient (Wildman–Crippen LogP) is 3.50. The molecule has 1 saturated carbocycles. The molecule has 1 N–H and O–H groups in total. The first-order valence-electron chi connectivity index (χ1n) is 6.34. The smallest absolute Gasteiger partial charge is 0.268 e. The summed E-state index contributed by atoms with van der Waals surface area (Å²) in [5, 5.41) is 3.09. The fourth-order valence-electron chi connectivity index (χ4n) is 2.03. The molecule has 1 aromatic heterocycles. The average molecular weight is 299 g/mol. The van der Waals surface area contributed by atoms with Crippen molar-refractivity contribution in [1.82, 2.24) is 9.88 Å². The number of nitrogens with zero attached hydrogens (tertiary/aromatic N) is 1. The van der Waals surface area contributed by atoms with Gasteiger partial charge < -0.3 is 9.88 Å². The van der Waals surface area contributed by atoms with Crippen LogP contribution in [0.4, 0.5) is 0 Å². The Morgan fingerprint density at radius 1 is 1.53 bits per heavy atom. The van der Waals surface area contributed by atoms with Crippen molar-refractivity contribution in [2.24, 2.45) is 0 Å². The van der Waals surface area contributed by atoms with Crippen LogP contribution in [0.15, 0.2) is 16.7 Å². The Balaban J connectivity index is 2.12. The van der Waals surface area contributed by atoms with E-state index in [1.54, 1.807) is 0 Å². The van der Waals surface area contributed by atoms with Crippen molar-refractivity contribution in [3.63, 3.8) is 0 Å². The van der Waals surface area contributed by atoms with Gasteiger partial charge in [0.25, 0.3) is 5.91 Å². The minimum Gasteiger partial charge on any atom is -0.348 e. The lowest BCUT2D eigenvalue weighted by Gasteiger charge is -2.15. The summed E-state index contributed by atoms with van der Waals surface area (Å²) in [6, 6.07) is 2.73. The molecule has 1 aromatic rings. The molecule has 0 spiro atoms. The lowest BCUT2D eigenvalue weighted by molar-refractivity contribution is 0.0925. The van der Waals surface area contributed by atoms with Crippen molar-refractivity contribution in [3.05, 3.63) is 22.4 Å². The van der Waals surface area contributed by atoms with Crippen molar-refractivity contribution < 1.29 is 4.79 Å². The van der Waals surface area contributed by atoms with Crippen LogP contribution < -0.4 is 5.32 Å². The molecular formula is C13H19BrN2O. The number of aromatic nitrogens is 1. The molecule has 4 heteroatoms. The Bertz CT molecular complexity index is 406. The summed E-state index contributed by atoms with van der Waals surface area (Å²) in [5.41, 5.74) is 0.784. The van der Waals surface area contributed by atoms with Gasteiger partial charge in [0.2, 0.25) is 0 Å². The number of hydrogen-bond donors (Lipinski definition) is 1. The molecule has 94 valence electrons. The topological polar surface area (TPSA) is 34.0 Å². The van der Waals surface area contributed by atoms with Crippen LogP contribution in [-0.2, 0) is 0 Å². The van der Waals surface area contributed by atoms with Crippen LogP contribution in [-0.4, -0.2) is 16.5 Å². The molecule has 0 unspecified atom stereocenters. The molecule has 0 bridgehead atoms. The molecule has 2 rings (SSSR count).